The van der Waals surface area contributed by atoms with E-state index in [1.165, 1.54) is 12.1 Å². The first-order chi connectivity index (χ1) is 11.3. The van der Waals surface area contributed by atoms with Crippen molar-refractivity contribution in [3.8, 4) is 0 Å². The predicted octanol–water partition coefficient (Wildman–Crippen LogP) is 4.47. The van der Waals surface area contributed by atoms with Gasteiger partial charge in [0.1, 0.15) is 17.7 Å². The molecule has 0 saturated carbocycles. The number of hydrogen-bond acceptors (Lipinski definition) is 3. The molecule has 1 aliphatic heterocycles. The molecular weight excluding hydrogens is 348 g/mol. The molecule has 2 aromatic rings. The Bertz CT molecular complexity index is 721. The van der Waals surface area contributed by atoms with Gasteiger partial charge < -0.3 is 9.64 Å². The Hall–Kier alpha value is -1.86. The van der Waals surface area contributed by atoms with Crippen molar-refractivity contribution in [1.29, 1.82) is 0 Å². The van der Waals surface area contributed by atoms with Gasteiger partial charge in [0.25, 0.3) is 0 Å². The van der Waals surface area contributed by atoms with Crippen LogP contribution in [-0.2, 0) is 10.9 Å². The van der Waals surface area contributed by atoms with Crippen molar-refractivity contribution >= 4 is 17.4 Å². The molecule has 1 aromatic heterocycles. The third-order valence-electron chi connectivity index (χ3n) is 3.76. The Kier molecular flexibility index (Phi) is 4.64. The summed E-state index contributed by atoms with van der Waals surface area (Å²) < 4.78 is 56.8. The first-order valence-corrected chi connectivity index (χ1v) is 7.57. The van der Waals surface area contributed by atoms with Crippen molar-refractivity contribution in [3.63, 3.8) is 0 Å². The number of alkyl halides is 3. The average molecular weight is 361 g/mol. The van der Waals surface area contributed by atoms with E-state index in [0.29, 0.717) is 19.7 Å². The van der Waals surface area contributed by atoms with E-state index < -0.39 is 11.7 Å². The third kappa shape index (κ3) is 3.62. The van der Waals surface area contributed by atoms with Gasteiger partial charge in [-0.15, -0.1) is 0 Å². The van der Waals surface area contributed by atoms with E-state index in [4.69, 9.17) is 16.3 Å². The van der Waals surface area contributed by atoms with Crippen LogP contribution in [0.3, 0.4) is 0 Å². The third-order valence-corrected chi connectivity index (χ3v) is 4.04. The SMILES string of the molecule is Fc1ccc([C@@H]2CN(c3ncc(C(F)(F)F)cc3Cl)CCO2)cc1. The van der Waals surface area contributed by atoms with Gasteiger partial charge in [-0.05, 0) is 23.8 Å². The molecule has 0 unspecified atom stereocenters. The topological polar surface area (TPSA) is 25.4 Å². The molecule has 1 fully saturated rings. The molecule has 0 bridgehead atoms. The number of morpholine rings is 1. The van der Waals surface area contributed by atoms with Crippen LogP contribution in [0.5, 0.6) is 0 Å². The molecule has 24 heavy (non-hydrogen) atoms. The molecule has 1 aliphatic rings. The molecule has 128 valence electrons. The van der Waals surface area contributed by atoms with Crippen LogP contribution in [0.15, 0.2) is 36.5 Å². The molecule has 1 atom stereocenters. The molecule has 1 saturated heterocycles. The number of anilines is 1. The summed E-state index contributed by atoms with van der Waals surface area (Å²) in [5.41, 5.74) is -0.108. The van der Waals surface area contributed by atoms with Crippen LogP contribution < -0.4 is 4.90 Å². The summed E-state index contributed by atoms with van der Waals surface area (Å²) >= 11 is 5.99. The summed E-state index contributed by atoms with van der Waals surface area (Å²) in [6.07, 6.45) is -4.06. The Morgan fingerprint density at radius 3 is 2.54 bits per heavy atom. The van der Waals surface area contributed by atoms with E-state index in [-0.39, 0.29) is 22.8 Å². The lowest BCUT2D eigenvalue weighted by molar-refractivity contribution is -0.137. The predicted molar refractivity (Wildman–Crippen MR) is 81.6 cm³/mol. The minimum atomic E-state index is -4.49. The van der Waals surface area contributed by atoms with Crippen molar-refractivity contribution < 1.29 is 22.3 Å². The first kappa shape index (κ1) is 17.0. The van der Waals surface area contributed by atoms with E-state index in [1.54, 1.807) is 17.0 Å². The highest BCUT2D eigenvalue weighted by atomic mass is 35.5. The molecule has 2 heterocycles. The normalized spacial score (nSPS) is 18.7. The van der Waals surface area contributed by atoms with E-state index in [1.807, 2.05) is 0 Å². The van der Waals surface area contributed by atoms with Crippen molar-refractivity contribution in [2.45, 2.75) is 12.3 Å². The molecule has 1 aromatic carbocycles. The van der Waals surface area contributed by atoms with Gasteiger partial charge in [0.2, 0.25) is 0 Å². The number of rotatable bonds is 2. The number of hydrogen-bond donors (Lipinski definition) is 0. The fourth-order valence-electron chi connectivity index (χ4n) is 2.54. The number of nitrogens with zero attached hydrogens (tertiary/aromatic N) is 2. The van der Waals surface area contributed by atoms with Crippen LogP contribution in [0, 0.1) is 5.82 Å². The highest BCUT2D eigenvalue weighted by Crippen LogP contribution is 2.35. The van der Waals surface area contributed by atoms with Gasteiger partial charge >= 0.3 is 6.18 Å². The summed E-state index contributed by atoms with van der Waals surface area (Å²) in [7, 11) is 0. The van der Waals surface area contributed by atoms with E-state index in [0.717, 1.165) is 17.8 Å². The fraction of sp³-hybridized carbons (Fsp3) is 0.312. The summed E-state index contributed by atoms with van der Waals surface area (Å²) in [6, 6.07) is 6.77. The van der Waals surface area contributed by atoms with Crippen LogP contribution in [0.2, 0.25) is 5.02 Å². The maximum atomic E-state index is 13.0. The summed E-state index contributed by atoms with van der Waals surface area (Å²) in [4.78, 5) is 5.63. The molecule has 0 spiro atoms. The zero-order valence-corrected chi connectivity index (χ0v) is 13.1. The molecule has 0 N–H and O–H groups in total. The monoisotopic (exact) mass is 360 g/mol. The molecule has 0 radical (unpaired) electrons. The van der Waals surface area contributed by atoms with Gasteiger partial charge in [0, 0.05) is 19.3 Å². The standard InChI is InChI=1S/C16H13ClF4N2O/c17-13-7-11(16(19,20)21)8-22-15(13)23-5-6-24-14(9-23)10-1-3-12(18)4-2-10/h1-4,7-8,14H,5-6,9H2/t14-/m0/s1. The largest absolute Gasteiger partial charge is 0.417 e. The second kappa shape index (κ2) is 6.57. The minimum absolute atomic E-state index is 0.0652. The quantitative estimate of drug-likeness (QED) is 0.739. The van der Waals surface area contributed by atoms with Gasteiger partial charge in [-0.1, -0.05) is 23.7 Å². The molecule has 0 aliphatic carbocycles. The summed E-state index contributed by atoms with van der Waals surface area (Å²) in [6.45, 7) is 1.18. The zero-order chi connectivity index (χ0) is 17.3. The van der Waals surface area contributed by atoms with Gasteiger partial charge in [-0.2, -0.15) is 13.2 Å². The molecule has 0 amide bonds. The van der Waals surface area contributed by atoms with Crippen LogP contribution in [-0.4, -0.2) is 24.7 Å². The van der Waals surface area contributed by atoms with Crippen molar-refractivity contribution in [2.24, 2.45) is 0 Å². The Balaban J connectivity index is 1.81. The number of ether oxygens (including phenoxy) is 1. The summed E-state index contributed by atoms with van der Waals surface area (Å²) in [5, 5.41) is -0.0652. The molecule has 3 nitrogen and oxygen atoms in total. The van der Waals surface area contributed by atoms with Crippen molar-refractivity contribution in [2.75, 3.05) is 24.6 Å². The van der Waals surface area contributed by atoms with Crippen molar-refractivity contribution in [3.05, 3.63) is 58.5 Å². The summed E-state index contributed by atoms with van der Waals surface area (Å²) in [5.74, 6) is -0.0704. The van der Waals surface area contributed by atoms with E-state index in [2.05, 4.69) is 4.98 Å². The van der Waals surface area contributed by atoms with Crippen LogP contribution in [0.1, 0.15) is 17.2 Å². The second-order valence-corrected chi connectivity index (χ2v) is 5.79. The number of halogens is 5. The smallest absolute Gasteiger partial charge is 0.370 e. The van der Waals surface area contributed by atoms with Gasteiger partial charge in [0.05, 0.1) is 17.2 Å². The Labute approximate surface area is 140 Å². The molecule has 8 heteroatoms. The van der Waals surface area contributed by atoms with E-state index >= 15 is 0 Å². The maximum absolute atomic E-state index is 13.0. The minimum Gasteiger partial charge on any atom is -0.370 e. The Morgan fingerprint density at radius 2 is 1.92 bits per heavy atom. The average Bonchev–Trinajstić information content (AvgIpc) is 2.55. The van der Waals surface area contributed by atoms with Crippen molar-refractivity contribution in [1.82, 2.24) is 4.98 Å². The maximum Gasteiger partial charge on any atom is 0.417 e. The van der Waals surface area contributed by atoms with Gasteiger partial charge in [0.15, 0.2) is 0 Å². The fourth-order valence-corrected chi connectivity index (χ4v) is 2.83. The lowest BCUT2D eigenvalue weighted by Gasteiger charge is -2.34. The number of aromatic nitrogens is 1. The highest BCUT2D eigenvalue weighted by molar-refractivity contribution is 6.33. The number of pyridine rings is 1. The molecule has 3 rings (SSSR count). The Morgan fingerprint density at radius 1 is 1.21 bits per heavy atom. The lowest BCUT2D eigenvalue weighted by Crippen LogP contribution is -2.39. The van der Waals surface area contributed by atoms with Gasteiger partial charge in [-0.25, -0.2) is 9.37 Å². The highest BCUT2D eigenvalue weighted by Gasteiger charge is 2.32. The second-order valence-electron chi connectivity index (χ2n) is 5.38. The first-order valence-electron chi connectivity index (χ1n) is 7.19. The molecular formula is C16H13ClF4N2O. The van der Waals surface area contributed by atoms with Crippen LogP contribution >= 0.6 is 11.6 Å². The number of benzene rings is 1. The van der Waals surface area contributed by atoms with Crippen LogP contribution in [0.25, 0.3) is 0 Å². The lowest BCUT2D eigenvalue weighted by atomic mass is 10.1. The van der Waals surface area contributed by atoms with E-state index in [9.17, 15) is 17.6 Å². The zero-order valence-electron chi connectivity index (χ0n) is 12.4. The van der Waals surface area contributed by atoms with Gasteiger partial charge in [-0.3, -0.25) is 0 Å². The van der Waals surface area contributed by atoms with Crippen LogP contribution in [0.4, 0.5) is 23.4 Å².